The largest absolute Gasteiger partial charge is 0.327 e. The van der Waals surface area contributed by atoms with Gasteiger partial charge in [-0.2, -0.15) is 0 Å². The van der Waals surface area contributed by atoms with Crippen LogP contribution in [0.15, 0.2) is 0 Å². The Labute approximate surface area is 55.8 Å². The first kappa shape index (κ1) is 5.69. The Bertz CT molecular complexity index is 105. The van der Waals surface area contributed by atoms with Crippen molar-refractivity contribution in [3.8, 4) is 0 Å². The van der Waals surface area contributed by atoms with E-state index in [9.17, 15) is 0 Å². The average Bonchev–Trinajstić information content (AvgIpc) is 1.90. The smallest absolute Gasteiger partial charge is 0.00940 e. The molecule has 3 atom stereocenters. The van der Waals surface area contributed by atoms with Gasteiger partial charge < -0.3 is 11.1 Å². The molecule has 3 fully saturated rings. The van der Waals surface area contributed by atoms with E-state index in [1.165, 1.54) is 25.8 Å². The van der Waals surface area contributed by atoms with Crippen LogP contribution in [0.4, 0.5) is 0 Å². The van der Waals surface area contributed by atoms with Crippen LogP contribution >= 0.6 is 0 Å². The zero-order valence-electron chi connectivity index (χ0n) is 5.64. The van der Waals surface area contributed by atoms with E-state index >= 15 is 0 Å². The minimum atomic E-state index is 0.505. The third kappa shape index (κ3) is 0.864. The lowest BCUT2D eigenvalue weighted by atomic mass is 9.78. The van der Waals surface area contributed by atoms with Gasteiger partial charge in [0.25, 0.3) is 0 Å². The van der Waals surface area contributed by atoms with Gasteiger partial charge >= 0.3 is 0 Å². The second kappa shape index (κ2) is 1.96. The van der Waals surface area contributed by atoms with Crippen LogP contribution in [-0.2, 0) is 0 Å². The molecule has 0 amide bonds. The molecule has 3 N–H and O–H groups in total. The summed E-state index contributed by atoms with van der Waals surface area (Å²) in [6.07, 6.45) is 3.93. The van der Waals surface area contributed by atoms with Gasteiger partial charge in [0.2, 0.25) is 0 Å². The van der Waals surface area contributed by atoms with Gasteiger partial charge in [-0.25, -0.2) is 0 Å². The molecule has 3 aliphatic rings. The highest BCUT2D eigenvalue weighted by Crippen LogP contribution is 2.27. The molecule has 3 rings (SSSR count). The highest BCUT2D eigenvalue weighted by Gasteiger charge is 2.32. The molecule has 2 bridgehead atoms. The highest BCUT2D eigenvalue weighted by atomic mass is 15.0. The summed E-state index contributed by atoms with van der Waals surface area (Å²) in [6.45, 7) is 1.17. The van der Waals surface area contributed by atoms with Gasteiger partial charge in [0.05, 0.1) is 0 Å². The van der Waals surface area contributed by atoms with Gasteiger partial charge in [0.1, 0.15) is 0 Å². The normalized spacial score (nSPS) is 49.7. The van der Waals surface area contributed by atoms with E-state index in [2.05, 4.69) is 5.32 Å². The third-order valence-electron chi connectivity index (χ3n) is 2.72. The molecule has 9 heavy (non-hydrogen) atoms. The summed E-state index contributed by atoms with van der Waals surface area (Å²) in [5, 5.41) is 3.47. The minimum absolute atomic E-state index is 0.505. The van der Waals surface area contributed by atoms with Crippen molar-refractivity contribution in [2.45, 2.75) is 31.3 Å². The van der Waals surface area contributed by atoms with Gasteiger partial charge in [0.15, 0.2) is 0 Å². The van der Waals surface area contributed by atoms with Crippen molar-refractivity contribution in [3.63, 3.8) is 0 Å². The quantitative estimate of drug-likeness (QED) is 0.482. The molecular formula is C7H14N2. The van der Waals surface area contributed by atoms with E-state index in [1.54, 1.807) is 0 Å². The van der Waals surface area contributed by atoms with E-state index in [0.717, 1.165) is 12.0 Å². The van der Waals surface area contributed by atoms with Crippen LogP contribution in [0, 0.1) is 5.92 Å². The van der Waals surface area contributed by atoms with Crippen molar-refractivity contribution in [3.05, 3.63) is 0 Å². The van der Waals surface area contributed by atoms with E-state index < -0.39 is 0 Å². The molecular weight excluding hydrogens is 112 g/mol. The Balaban J connectivity index is 2.06. The van der Waals surface area contributed by atoms with Gasteiger partial charge in [-0.1, -0.05) is 0 Å². The maximum atomic E-state index is 5.88. The molecule has 2 unspecified atom stereocenters. The van der Waals surface area contributed by atoms with Gasteiger partial charge in [0, 0.05) is 12.1 Å². The predicted molar refractivity (Wildman–Crippen MR) is 37.1 cm³/mol. The summed E-state index contributed by atoms with van der Waals surface area (Å²) in [6, 6.07) is 1.26. The number of nitrogens with two attached hydrogens (primary N) is 1. The SMILES string of the molecule is N[C@H]1CC2CCC1CN2. The Morgan fingerprint density at radius 1 is 1.33 bits per heavy atom. The molecule has 2 heterocycles. The van der Waals surface area contributed by atoms with Crippen molar-refractivity contribution < 1.29 is 0 Å². The van der Waals surface area contributed by atoms with Crippen molar-refractivity contribution in [2.75, 3.05) is 6.54 Å². The molecule has 0 radical (unpaired) electrons. The zero-order valence-corrected chi connectivity index (χ0v) is 5.64. The molecule has 2 heteroatoms. The van der Waals surface area contributed by atoms with Crippen molar-refractivity contribution in [1.82, 2.24) is 5.32 Å². The molecule has 0 aromatic rings. The fraction of sp³-hybridized carbons (Fsp3) is 1.00. The summed E-state index contributed by atoms with van der Waals surface area (Å²) in [4.78, 5) is 0. The Hall–Kier alpha value is -0.0800. The fourth-order valence-electron chi connectivity index (χ4n) is 2.03. The fourth-order valence-corrected chi connectivity index (χ4v) is 2.03. The van der Waals surface area contributed by atoms with Crippen LogP contribution in [0.2, 0.25) is 0 Å². The Morgan fingerprint density at radius 3 is 2.44 bits per heavy atom. The third-order valence-corrected chi connectivity index (χ3v) is 2.72. The molecule has 0 aromatic carbocycles. The number of nitrogens with one attached hydrogen (secondary N) is 1. The molecule has 2 nitrogen and oxygen atoms in total. The Morgan fingerprint density at radius 2 is 2.22 bits per heavy atom. The first-order chi connectivity index (χ1) is 4.36. The lowest BCUT2D eigenvalue weighted by Crippen LogP contribution is -2.54. The number of hydrogen-bond acceptors (Lipinski definition) is 2. The topological polar surface area (TPSA) is 38.0 Å². The average molecular weight is 126 g/mol. The summed E-state index contributed by atoms with van der Waals surface area (Å²) in [5.41, 5.74) is 5.88. The van der Waals surface area contributed by atoms with Crippen molar-refractivity contribution in [2.24, 2.45) is 11.7 Å². The molecule has 1 aliphatic carbocycles. The van der Waals surface area contributed by atoms with Crippen LogP contribution in [0.1, 0.15) is 19.3 Å². The number of hydrogen-bond donors (Lipinski definition) is 2. The predicted octanol–water partition coefficient (Wildman–Crippen LogP) is 0.0856. The van der Waals surface area contributed by atoms with Gasteiger partial charge in [-0.3, -0.25) is 0 Å². The van der Waals surface area contributed by atoms with E-state index in [0.29, 0.717) is 6.04 Å². The monoisotopic (exact) mass is 126 g/mol. The summed E-state index contributed by atoms with van der Waals surface area (Å²) < 4.78 is 0. The standard InChI is InChI=1S/C7H14N2/c8-7-3-6-2-1-5(7)4-9-6/h5-7,9H,1-4,8H2/t5?,6?,7-/m0/s1. The summed E-state index contributed by atoms with van der Waals surface area (Å²) in [7, 11) is 0. The summed E-state index contributed by atoms with van der Waals surface area (Å²) in [5.74, 6) is 0.787. The molecule has 2 saturated heterocycles. The van der Waals surface area contributed by atoms with Crippen molar-refractivity contribution in [1.29, 1.82) is 0 Å². The molecule has 1 saturated carbocycles. The lowest BCUT2D eigenvalue weighted by molar-refractivity contribution is 0.183. The number of fused-ring (bicyclic) bond motifs is 3. The summed E-state index contributed by atoms with van der Waals surface area (Å²) >= 11 is 0. The molecule has 52 valence electrons. The minimum Gasteiger partial charge on any atom is -0.327 e. The Kier molecular flexibility index (Phi) is 1.24. The molecule has 0 spiro atoms. The van der Waals surface area contributed by atoms with Gasteiger partial charge in [-0.15, -0.1) is 0 Å². The van der Waals surface area contributed by atoms with Gasteiger partial charge in [-0.05, 0) is 31.7 Å². The van der Waals surface area contributed by atoms with E-state index in [4.69, 9.17) is 5.73 Å². The first-order valence-electron chi connectivity index (χ1n) is 3.85. The second-order valence-electron chi connectivity index (χ2n) is 3.34. The lowest BCUT2D eigenvalue weighted by Gasteiger charge is -2.41. The van der Waals surface area contributed by atoms with Crippen molar-refractivity contribution >= 4 is 0 Å². The highest BCUT2D eigenvalue weighted by molar-refractivity contribution is 4.92. The zero-order chi connectivity index (χ0) is 6.27. The maximum Gasteiger partial charge on any atom is 0.00940 e. The van der Waals surface area contributed by atoms with Crippen LogP contribution in [-0.4, -0.2) is 18.6 Å². The first-order valence-corrected chi connectivity index (χ1v) is 3.85. The number of piperidine rings is 2. The molecule has 0 aromatic heterocycles. The maximum absolute atomic E-state index is 5.88. The van der Waals surface area contributed by atoms with Crippen LogP contribution < -0.4 is 11.1 Å². The van der Waals surface area contributed by atoms with Crippen LogP contribution in [0.3, 0.4) is 0 Å². The van der Waals surface area contributed by atoms with E-state index in [-0.39, 0.29) is 0 Å². The molecule has 2 aliphatic heterocycles. The van der Waals surface area contributed by atoms with Crippen LogP contribution in [0.25, 0.3) is 0 Å². The second-order valence-corrected chi connectivity index (χ2v) is 3.34. The number of rotatable bonds is 0. The van der Waals surface area contributed by atoms with E-state index in [1.807, 2.05) is 0 Å². The van der Waals surface area contributed by atoms with Crippen LogP contribution in [0.5, 0.6) is 0 Å².